The van der Waals surface area contributed by atoms with Crippen LogP contribution in [0.15, 0.2) is 53.4 Å². The van der Waals surface area contributed by atoms with E-state index in [0.29, 0.717) is 10.7 Å². The van der Waals surface area contributed by atoms with Crippen molar-refractivity contribution in [1.82, 2.24) is 9.62 Å². The highest BCUT2D eigenvalue weighted by atomic mass is 35.5. The fourth-order valence-corrected chi connectivity index (χ4v) is 3.18. The predicted molar refractivity (Wildman–Crippen MR) is 99.3 cm³/mol. The van der Waals surface area contributed by atoms with Gasteiger partial charge in [0.2, 0.25) is 21.8 Å². The highest BCUT2D eigenvalue weighted by Gasteiger charge is 2.19. The van der Waals surface area contributed by atoms with E-state index in [-0.39, 0.29) is 11.4 Å². The lowest BCUT2D eigenvalue weighted by Gasteiger charge is -2.17. The molecule has 2 amide bonds. The van der Waals surface area contributed by atoms with Crippen molar-refractivity contribution in [2.45, 2.75) is 4.90 Å². The van der Waals surface area contributed by atoms with Crippen molar-refractivity contribution in [2.24, 2.45) is 0 Å². The van der Waals surface area contributed by atoms with E-state index in [0.717, 1.165) is 17.0 Å². The van der Waals surface area contributed by atoms with Crippen LogP contribution in [-0.2, 0) is 19.6 Å². The first-order valence-corrected chi connectivity index (χ1v) is 9.58. The van der Waals surface area contributed by atoms with Crippen LogP contribution in [-0.4, -0.2) is 45.3 Å². The van der Waals surface area contributed by atoms with Gasteiger partial charge in [-0.1, -0.05) is 17.7 Å². The van der Waals surface area contributed by atoms with Gasteiger partial charge >= 0.3 is 0 Å². The lowest BCUT2D eigenvalue weighted by atomic mass is 10.3. The Morgan fingerprint density at radius 1 is 1.15 bits per heavy atom. The molecular weight excluding hydrogens is 397 g/mol. The topological polar surface area (TPSA) is 95.6 Å². The maximum atomic E-state index is 13.1. The third-order valence-electron chi connectivity index (χ3n) is 3.45. The van der Waals surface area contributed by atoms with Gasteiger partial charge in [0.05, 0.1) is 18.0 Å². The number of rotatable bonds is 7. The normalized spacial score (nSPS) is 11.1. The van der Waals surface area contributed by atoms with Crippen molar-refractivity contribution in [3.05, 3.63) is 59.4 Å². The fraction of sp³-hybridized carbons (Fsp3) is 0.176. The van der Waals surface area contributed by atoms with Crippen LogP contribution >= 0.6 is 11.6 Å². The first-order valence-electron chi connectivity index (χ1n) is 7.72. The third-order valence-corrected chi connectivity index (χ3v) is 5.11. The molecule has 0 heterocycles. The number of anilines is 1. The molecule has 2 aromatic carbocycles. The lowest BCUT2D eigenvalue weighted by molar-refractivity contribution is -0.132. The van der Waals surface area contributed by atoms with Crippen molar-refractivity contribution in [3.8, 4) is 0 Å². The number of hydrogen-bond acceptors (Lipinski definition) is 4. The molecule has 0 radical (unpaired) electrons. The summed E-state index contributed by atoms with van der Waals surface area (Å²) in [6, 6.07) is 10.8. The summed E-state index contributed by atoms with van der Waals surface area (Å²) >= 11 is 5.76. The van der Waals surface area contributed by atoms with Gasteiger partial charge in [0.25, 0.3) is 0 Å². The zero-order chi connectivity index (χ0) is 20.0. The molecule has 0 fully saturated rings. The largest absolute Gasteiger partial charge is 0.335 e. The number of hydrogen-bond donors (Lipinski definition) is 2. The molecule has 144 valence electrons. The minimum Gasteiger partial charge on any atom is -0.335 e. The van der Waals surface area contributed by atoms with Gasteiger partial charge in [0.1, 0.15) is 5.82 Å². The molecule has 2 rings (SSSR count). The molecule has 7 nitrogen and oxygen atoms in total. The van der Waals surface area contributed by atoms with E-state index in [4.69, 9.17) is 11.6 Å². The molecule has 0 saturated carbocycles. The first kappa shape index (κ1) is 20.8. The number of halogens is 2. The Labute approximate surface area is 161 Å². The molecule has 0 saturated heterocycles. The second-order valence-corrected chi connectivity index (χ2v) is 7.79. The van der Waals surface area contributed by atoms with Crippen LogP contribution in [0.1, 0.15) is 0 Å². The maximum Gasteiger partial charge on any atom is 0.243 e. The summed E-state index contributed by atoms with van der Waals surface area (Å²) in [6.07, 6.45) is 0. The number of nitrogens with zero attached hydrogens (tertiary/aromatic N) is 1. The van der Waals surface area contributed by atoms with Crippen LogP contribution < -0.4 is 10.0 Å². The smallest absolute Gasteiger partial charge is 0.243 e. The number of sulfonamides is 1. The van der Waals surface area contributed by atoms with Crippen molar-refractivity contribution in [2.75, 3.05) is 25.5 Å². The summed E-state index contributed by atoms with van der Waals surface area (Å²) in [7, 11) is -2.68. The van der Waals surface area contributed by atoms with E-state index < -0.39 is 34.2 Å². The molecule has 0 aliphatic heterocycles. The Hall–Kier alpha value is -2.49. The highest BCUT2D eigenvalue weighted by molar-refractivity contribution is 7.89. The first-order chi connectivity index (χ1) is 12.7. The van der Waals surface area contributed by atoms with Crippen LogP contribution in [0.2, 0.25) is 5.02 Å². The molecule has 0 aliphatic carbocycles. The summed E-state index contributed by atoms with van der Waals surface area (Å²) in [5, 5.41) is 3.11. The summed E-state index contributed by atoms with van der Waals surface area (Å²) in [5.74, 6) is -1.79. The van der Waals surface area contributed by atoms with Crippen molar-refractivity contribution >= 4 is 39.1 Å². The van der Waals surface area contributed by atoms with Crippen LogP contribution in [0, 0.1) is 5.82 Å². The number of likely N-dealkylation sites (N-methyl/N-ethyl adjacent to an activating group) is 1. The van der Waals surface area contributed by atoms with Gasteiger partial charge in [-0.3, -0.25) is 9.59 Å². The Bertz CT molecular complexity index is 935. The van der Waals surface area contributed by atoms with Gasteiger partial charge in [-0.15, -0.1) is 0 Å². The number of amides is 2. The Morgan fingerprint density at radius 2 is 1.81 bits per heavy atom. The van der Waals surface area contributed by atoms with Gasteiger partial charge in [-0.25, -0.2) is 17.5 Å². The average molecular weight is 414 g/mol. The van der Waals surface area contributed by atoms with E-state index in [2.05, 4.69) is 10.0 Å². The Morgan fingerprint density at radius 3 is 2.44 bits per heavy atom. The van der Waals surface area contributed by atoms with Gasteiger partial charge < -0.3 is 10.2 Å². The second kappa shape index (κ2) is 8.94. The van der Waals surface area contributed by atoms with Crippen LogP contribution in [0.4, 0.5) is 10.1 Å². The number of carbonyl (C=O) groups excluding carboxylic acids is 2. The second-order valence-electron chi connectivity index (χ2n) is 5.59. The van der Waals surface area contributed by atoms with Crippen molar-refractivity contribution in [3.63, 3.8) is 0 Å². The van der Waals surface area contributed by atoms with Gasteiger partial charge in [-0.05, 0) is 42.5 Å². The quantitative estimate of drug-likeness (QED) is 0.724. The van der Waals surface area contributed by atoms with Gasteiger partial charge in [0, 0.05) is 17.8 Å². The molecule has 0 atom stereocenters. The molecular formula is C17H17ClFN3O4S. The Balaban J connectivity index is 1.87. The fourth-order valence-electron chi connectivity index (χ4n) is 2.05. The van der Waals surface area contributed by atoms with E-state index in [1.54, 1.807) is 24.3 Å². The van der Waals surface area contributed by atoms with Crippen LogP contribution in [0.3, 0.4) is 0 Å². The third kappa shape index (κ3) is 6.31. The zero-order valence-electron chi connectivity index (χ0n) is 14.3. The summed E-state index contributed by atoms with van der Waals surface area (Å²) < 4.78 is 39.4. The van der Waals surface area contributed by atoms with Crippen LogP contribution in [0.5, 0.6) is 0 Å². The van der Waals surface area contributed by atoms with Crippen LogP contribution in [0.25, 0.3) is 0 Å². The molecule has 0 spiro atoms. The molecule has 0 aliphatic rings. The molecule has 0 aromatic heterocycles. The summed E-state index contributed by atoms with van der Waals surface area (Å²) in [4.78, 5) is 24.8. The summed E-state index contributed by atoms with van der Waals surface area (Å²) in [6.45, 7) is -0.841. The molecule has 27 heavy (non-hydrogen) atoms. The van der Waals surface area contributed by atoms with Crippen molar-refractivity contribution < 1.29 is 22.4 Å². The van der Waals surface area contributed by atoms with E-state index >= 15 is 0 Å². The zero-order valence-corrected chi connectivity index (χ0v) is 15.8. The lowest BCUT2D eigenvalue weighted by Crippen LogP contribution is -2.41. The molecule has 10 heteroatoms. The maximum absolute atomic E-state index is 13.1. The standard InChI is InChI=1S/C17H17ClFN3O4S/c1-22(11-16(23)21-14-7-5-12(18)6-8-14)17(24)10-20-27(25,26)15-4-2-3-13(19)9-15/h2-9,20H,10-11H2,1H3,(H,21,23). The predicted octanol–water partition coefficient (Wildman–Crippen LogP) is 1.85. The SMILES string of the molecule is CN(CC(=O)Nc1ccc(Cl)cc1)C(=O)CNS(=O)(=O)c1cccc(F)c1. The number of nitrogens with one attached hydrogen (secondary N) is 2. The molecule has 2 N–H and O–H groups in total. The molecule has 2 aromatic rings. The van der Waals surface area contributed by atoms with Crippen molar-refractivity contribution in [1.29, 1.82) is 0 Å². The minimum absolute atomic E-state index is 0.275. The number of carbonyl (C=O) groups is 2. The van der Waals surface area contributed by atoms with E-state index in [1.807, 2.05) is 0 Å². The van der Waals surface area contributed by atoms with E-state index in [9.17, 15) is 22.4 Å². The average Bonchev–Trinajstić information content (AvgIpc) is 2.61. The highest BCUT2D eigenvalue weighted by Crippen LogP contribution is 2.13. The van der Waals surface area contributed by atoms with Gasteiger partial charge in [-0.2, -0.15) is 0 Å². The van der Waals surface area contributed by atoms with E-state index in [1.165, 1.54) is 19.2 Å². The molecule has 0 bridgehead atoms. The van der Waals surface area contributed by atoms with Gasteiger partial charge in [0.15, 0.2) is 0 Å². The summed E-state index contributed by atoms with van der Waals surface area (Å²) in [5.41, 5.74) is 0.511. The monoisotopic (exact) mass is 413 g/mol. The minimum atomic E-state index is -4.04. The number of benzene rings is 2. The Kier molecular flexibility index (Phi) is 6.89. The molecule has 0 unspecified atom stereocenters.